The highest BCUT2D eigenvalue weighted by atomic mass is 32.2. The lowest BCUT2D eigenvalue weighted by Gasteiger charge is -2.23. The molecule has 28 heavy (non-hydrogen) atoms. The van der Waals surface area contributed by atoms with Crippen molar-refractivity contribution in [3.8, 4) is 0 Å². The lowest BCUT2D eigenvalue weighted by atomic mass is 10.0. The molecule has 3 rings (SSSR count). The van der Waals surface area contributed by atoms with Crippen LogP contribution in [0.25, 0.3) is 0 Å². The summed E-state index contributed by atoms with van der Waals surface area (Å²) in [4.78, 5) is 16.9. The minimum absolute atomic E-state index is 0.145. The highest BCUT2D eigenvalue weighted by Gasteiger charge is 2.31. The average molecular weight is 408 g/mol. The van der Waals surface area contributed by atoms with Crippen LogP contribution >= 0.6 is 11.8 Å². The number of carbonyl (C=O) groups excluding carboxylic acids is 1. The molecule has 1 aliphatic rings. The smallest absolute Gasteiger partial charge is 0.352 e. The molecule has 1 N–H and O–H groups in total. The Morgan fingerprint density at radius 2 is 1.93 bits per heavy atom. The fourth-order valence-corrected chi connectivity index (χ4v) is 4.69. The van der Waals surface area contributed by atoms with Gasteiger partial charge < -0.3 is 5.32 Å². The van der Waals surface area contributed by atoms with Gasteiger partial charge in [0.05, 0.1) is 12.0 Å². The van der Waals surface area contributed by atoms with Crippen molar-refractivity contribution < 1.29 is 18.0 Å². The molecule has 7 heteroatoms. The van der Waals surface area contributed by atoms with Crippen LogP contribution in [0.1, 0.15) is 48.9 Å². The molecule has 1 heterocycles. The Labute approximate surface area is 167 Å². The van der Waals surface area contributed by atoms with E-state index in [1.165, 1.54) is 30.3 Å². The Morgan fingerprint density at radius 3 is 2.61 bits per heavy atom. The van der Waals surface area contributed by atoms with Crippen molar-refractivity contribution in [3.05, 3.63) is 59.4 Å². The molecule has 0 aliphatic heterocycles. The predicted molar refractivity (Wildman–Crippen MR) is 104 cm³/mol. The quantitative estimate of drug-likeness (QED) is 0.697. The van der Waals surface area contributed by atoms with Crippen molar-refractivity contribution in [1.82, 2.24) is 10.3 Å². The molecule has 3 nitrogen and oxygen atoms in total. The van der Waals surface area contributed by atoms with Gasteiger partial charge in [-0.2, -0.15) is 13.2 Å². The fraction of sp³-hybridized carbons (Fsp3) is 0.429. The Kier molecular flexibility index (Phi) is 6.99. The van der Waals surface area contributed by atoms with E-state index in [2.05, 4.69) is 10.3 Å². The molecular weight excluding hydrogens is 385 g/mol. The lowest BCUT2D eigenvalue weighted by Crippen LogP contribution is -2.25. The zero-order valence-corrected chi connectivity index (χ0v) is 16.3. The summed E-state index contributed by atoms with van der Waals surface area (Å²) in [6.45, 7) is 0.207. The van der Waals surface area contributed by atoms with E-state index < -0.39 is 11.7 Å². The molecule has 0 unspecified atom stereocenters. The number of rotatable bonds is 6. The summed E-state index contributed by atoms with van der Waals surface area (Å²) < 4.78 is 39.4. The highest BCUT2D eigenvalue weighted by Crippen LogP contribution is 2.38. The summed E-state index contributed by atoms with van der Waals surface area (Å²) in [5.74, 6) is -0.202. The first-order valence-electron chi connectivity index (χ1n) is 9.45. The van der Waals surface area contributed by atoms with Crippen LogP contribution in [0.3, 0.4) is 0 Å². The standard InChI is InChI=1S/C21H23F3N2OS/c22-21(23,24)16-10-9-15(19(12-16)28-18-7-2-1-3-8-18)14-26-20(27)13-17-6-4-5-11-25-17/h4-6,9-12,18H,1-3,7-8,13-14H2,(H,26,27). The number of amides is 1. The normalized spacial score (nSPS) is 15.4. The van der Waals surface area contributed by atoms with Crippen LogP contribution < -0.4 is 5.32 Å². The molecule has 1 aliphatic carbocycles. The third kappa shape index (κ3) is 5.99. The third-order valence-corrected chi connectivity index (χ3v) is 6.22. The van der Waals surface area contributed by atoms with Gasteiger partial charge in [0, 0.05) is 28.6 Å². The topological polar surface area (TPSA) is 42.0 Å². The Morgan fingerprint density at radius 1 is 1.14 bits per heavy atom. The van der Waals surface area contributed by atoms with E-state index in [1.54, 1.807) is 18.3 Å². The van der Waals surface area contributed by atoms with Gasteiger partial charge in [0.2, 0.25) is 5.91 Å². The van der Waals surface area contributed by atoms with Gasteiger partial charge in [0.25, 0.3) is 0 Å². The van der Waals surface area contributed by atoms with Crippen LogP contribution in [-0.2, 0) is 23.9 Å². The summed E-state index contributed by atoms with van der Waals surface area (Å²) in [7, 11) is 0. The van der Waals surface area contributed by atoms with Gasteiger partial charge in [0.15, 0.2) is 0 Å². The van der Waals surface area contributed by atoms with Gasteiger partial charge in [-0.25, -0.2) is 0 Å². The monoisotopic (exact) mass is 408 g/mol. The van der Waals surface area contributed by atoms with Crippen LogP contribution in [0, 0.1) is 0 Å². The van der Waals surface area contributed by atoms with Gasteiger partial charge in [-0.3, -0.25) is 9.78 Å². The Hall–Kier alpha value is -2.02. The number of benzene rings is 1. The molecule has 0 saturated heterocycles. The summed E-state index contributed by atoms with van der Waals surface area (Å²) in [5.41, 5.74) is 0.733. The summed E-state index contributed by atoms with van der Waals surface area (Å²) in [6, 6.07) is 9.14. The van der Waals surface area contributed by atoms with Gasteiger partial charge in [0.1, 0.15) is 0 Å². The molecule has 0 bridgehead atoms. The number of aromatic nitrogens is 1. The van der Waals surface area contributed by atoms with Gasteiger partial charge in [-0.15, -0.1) is 11.8 Å². The molecule has 1 amide bonds. The van der Waals surface area contributed by atoms with Gasteiger partial charge in [-0.05, 0) is 42.7 Å². The summed E-state index contributed by atoms with van der Waals surface area (Å²) in [6.07, 6.45) is 2.86. The zero-order chi connectivity index (χ0) is 20.0. The van der Waals surface area contributed by atoms with E-state index in [9.17, 15) is 18.0 Å². The number of carbonyl (C=O) groups is 1. The van der Waals surface area contributed by atoms with Gasteiger partial charge in [-0.1, -0.05) is 31.4 Å². The maximum atomic E-state index is 13.1. The van der Waals surface area contributed by atoms with Crippen molar-refractivity contribution in [2.75, 3.05) is 0 Å². The molecule has 1 aromatic heterocycles. The number of nitrogens with one attached hydrogen (secondary N) is 1. The maximum Gasteiger partial charge on any atom is 0.416 e. The minimum atomic E-state index is -4.37. The second-order valence-corrected chi connectivity index (χ2v) is 8.31. The second kappa shape index (κ2) is 9.45. The number of pyridine rings is 1. The number of nitrogens with zero attached hydrogens (tertiary/aromatic N) is 1. The lowest BCUT2D eigenvalue weighted by molar-refractivity contribution is -0.137. The van der Waals surface area contributed by atoms with Crippen LogP contribution in [-0.4, -0.2) is 16.1 Å². The van der Waals surface area contributed by atoms with Crippen LogP contribution in [0.5, 0.6) is 0 Å². The Balaban J connectivity index is 1.70. The number of halogens is 3. The van der Waals surface area contributed by atoms with Crippen molar-refractivity contribution in [2.45, 2.75) is 61.4 Å². The van der Waals surface area contributed by atoms with Crippen molar-refractivity contribution >= 4 is 17.7 Å². The molecule has 1 saturated carbocycles. The molecule has 0 atom stereocenters. The van der Waals surface area contributed by atoms with Crippen molar-refractivity contribution in [2.24, 2.45) is 0 Å². The predicted octanol–water partition coefficient (Wildman–Crippen LogP) is 5.38. The molecule has 1 aromatic carbocycles. The second-order valence-electron chi connectivity index (χ2n) is 6.97. The third-order valence-electron chi connectivity index (χ3n) is 4.78. The molecule has 2 aromatic rings. The molecule has 1 fully saturated rings. The van der Waals surface area contributed by atoms with Crippen LogP contribution in [0.2, 0.25) is 0 Å². The van der Waals surface area contributed by atoms with Crippen LogP contribution in [0.4, 0.5) is 13.2 Å². The minimum Gasteiger partial charge on any atom is -0.352 e. The highest BCUT2D eigenvalue weighted by molar-refractivity contribution is 8.00. The number of thioether (sulfide) groups is 1. The van der Waals surface area contributed by atoms with E-state index in [0.29, 0.717) is 15.8 Å². The fourth-order valence-electron chi connectivity index (χ4n) is 3.27. The first kappa shape index (κ1) is 20.7. The molecular formula is C21H23F3N2OS. The average Bonchev–Trinajstić information content (AvgIpc) is 2.68. The molecule has 0 radical (unpaired) electrons. The van der Waals surface area contributed by atoms with Crippen molar-refractivity contribution in [1.29, 1.82) is 0 Å². The maximum absolute atomic E-state index is 13.1. The van der Waals surface area contributed by atoms with Gasteiger partial charge >= 0.3 is 6.18 Å². The first-order valence-corrected chi connectivity index (χ1v) is 10.3. The van der Waals surface area contributed by atoms with E-state index >= 15 is 0 Å². The van der Waals surface area contributed by atoms with E-state index in [1.807, 2.05) is 6.07 Å². The Bertz CT molecular complexity index is 790. The van der Waals surface area contributed by atoms with E-state index in [0.717, 1.165) is 37.3 Å². The SMILES string of the molecule is O=C(Cc1ccccn1)NCc1ccc(C(F)(F)F)cc1SC1CCCCC1. The number of alkyl halides is 3. The van der Waals surface area contributed by atoms with E-state index in [-0.39, 0.29) is 18.9 Å². The van der Waals surface area contributed by atoms with E-state index in [4.69, 9.17) is 0 Å². The first-order chi connectivity index (χ1) is 13.4. The number of hydrogen-bond donors (Lipinski definition) is 1. The summed E-state index contributed by atoms with van der Waals surface area (Å²) in [5, 5.41) is 3.14. The number of hydrogen-bond acceptors (Lipinski definition) is 3. The molecule has 0 spiro atoms. The summed E-state index contributed by atoms with van der Waals surface area (Å²) >= 11 is 1.51. The van der Waals surface area contributed by atoms with Crippen LogP contribution in [0.15, 0.2) is 47.5 Å². The largest absolute Gasteiger partial charge is 0.416 e. The molecule has 150 valence electrons. The van der Waals surface area contributed by atoms with Crippen molar-refractivity contribution in [3.63, 3.8) is 0 Å². The zero-order valence-electron chi connectivity index (χ0n) is 15.5.